The molecule has 3 N–H and O–H groups in total. The molecule has 0 aliphatic carbocycles. The largest absolute Gasteiger partial charge is 0.497 e. The van der Waals surface area contributed by atoms with Crippen molar-refractivity contribution in [3.8, 4) is 22.8 Å². The van der Waals surface area contributed by atoms with Crippen LogP contribution in [0.5, 0.6) is 11.5 Å². The van der Waals surface area contributed by atoms with Gasteiger partial charge in [0.2, 0.25) is 0 Å². The maximum absolute atomic E-state index is 14.1. The number of nitrogens with one attached hydrogen (secondary N) is 1. The van der Waals surface area contributed by atoms with Crippen molar-refractivity contribution >= 4 is 5.91 Å². The summed E-state index contributed by atoms with van der Waals surface area (Å²) in [5.74, 6) is 0.821. The zero-order chi connectivity index (χ0) is 26.5. The fraction of sp³-hybridized carbons (Fsp3) is 0.250. The number of rotatable bonds is 10. The number of nitrogens with zero attached hydrogens (tertiary/aromatic N) is 3. The number of amides is 1. The highest BCUT2D eigenvalue weighted by Crippen LogP contribution is 2.27. The number of ether oxygens (including phenoxy) is 2. The van der Waals surface area contributed by atoms with Crippen LogP contribution in [-0.4, -0.2) is 34.7 Å². The molecule has 0 bridgehead atoms. The van der Waals surface area contributed by atoms with Gasteiger partial charge in [0.25, 0.3) is 5.91 Å². The smallest absolute Gasteiger partial charge is 0.251 e. The Bertz CT molecular complexity index is 1400. The van der Waals surface area contributed by atoms with E-state index in [0.717, 1.165) is 22.6 Å². The Labute approximate surface area is 215 Å². The fourth-order valence-electron chi connectivity index (χ4n) is 4.08. The van der Waals surface area contributed by atoms with Crippen molar-refractivity contribution in [3.63, 3.8) is 0 Å². The predicted octanol–water partition coefficient (Wildman–Crippen LogP) is 4.41. The molecule has 2 aromatic carbocycles. The second-order valence-corrected chi connectivity index (χ2v) is 8.76. The number of aryl methyl sites for hydroxylation is 1. The van der Waals surface area contributed by atoms with Crippen molar-refractivity contribution in [2.24, 2.45) is 5.73 Å². The van der Waals surface area contributed by atoms with Gasteiger partial charge < -0.3 is 25.1 Å². The van der Waals surface area contributed by atoms with E-state index in [-0.39, 0.29) is 11.6 Å². The monoisotopic (exact) mass is 503 g/mol. The molecule has 0 fully saturated rings. The van der Waals surface area contributed by atoms with Gasteiger partial charge in [-0.05, 0) is 67.4 Å². The van der Waals surface area contributed by atoms with E-state index in [4.69, 9.17) is 20.2 Å². The minimum atomic E-state index is -0.825. The Balaban J connectivity index is 1.65. The van der Waals surface area contributed by atoms with E-state index in [9.17, 15) is 9.18 Å². The molecule has 192 valence electrons. The summed E-state index contributed by atoms with van der Waals surface area (Å²) >= 11 is 0. The first-order chi connectivity index (χ1) is 17.8. The predicted molar refractivity (Wildman–Crippen MR) is 139 cm³/mol. The molecule has 8 nitrogen and oxygen atoms in total. The third kappa shape index (κ3) is 6.13. The molecule has 0 saturated heterocycles. The van der Waals surface area contributed by atoms with Crippen molar-refractivity contribution in [3.05, 3.63) is 95.0 Å². The molecule has 0 aliphatic rings. The Hall–Kier alpha value is -4.24. The average molecular weight is 504 g/mol. The quantitative estimate of drug-likeness (QED) is 0.332. The molecule has 0 saturated carbocycles. The van der Waals surface area contributed by atoms with Gasteiger partial charge >= 0.3 is 0 Å². The van der Waals surface area contributed by atoms with Crippen molar-refractivity contribution in [2.45, 2.75) is 33.0 Å². The molecular formula is C28H30FN5O3. The first-order valence-corrected chi connectivity index (χ1v) is 11.8. The highest BCUT2D eigenvalue weighted by molar-refractivity contribution is 5.94. The normalized spacial score (nSPS) is 11.8. The molecule has 37 heavy (non-hydrogen) atoms. The zero-order valence-corrected chi connectivity index (χ0v) is 21.3. The third-order valence-electron chi connectivity index (χ3n) is 6.21. The molecule has 2 aromatic heterocycles. The minimum Gasteiger partial charge on any atom is -0.497 e. The van der Waals surface area contributed by atoms with Gasteiger partial charge in [-0.3, -0.25) is 9.78 Å². The van der Waals surface area contributed by atoms with E-state index in [1.165, 1.54) is 12.1 Å². The summed E-state index contributed by atoms with van der Waals surface area (Å²) in [6.45, 7) is 5.04. The van der Waals surface area contributed by atoms with E-state index < -0.39 is 11.7 Å². The van der Waals surface area contributed by atoms with Gasteiger partial charge in [0.05, 0.1) is 31.2 Å². The lowest BCUT2D eigenvalue weighted by atomic mass is 10.0. The summed E-state index contributed by atoms with van der Waals surface area (Å²) < 4.78 is 26.9. The maximum atomic E-state index is 14.1. The number of primary amides is 1. The molecular weight excluding hydrogens is 473 g/mol. The summed E-state index contributed by atoms with van der Waals surface area (Å²) in [7, 11) is 3.24. The number of hydrogen-bond acceptors (Lipinski definition) is 6. The number of methoxy groups -OCH3 is 2. The Morgan fingerprint density at radius 3 is 2.46 bits per heavy atom. The summed E-state index contributed by atoms with van der Waals surface area (Å²) in [4.78, 5) is 20.8. The van der Waals surface area contributed by atoms with E-state index in [0.29, 0.717) is 35.8 Å². The molecule has 2 heterocycles. The number of benzene rings is 2. The molecule has 1 atom stereocenters. The van der Waals surface area contributed by atoms with Crippen LogP contribution in [0.25, 0.3) is 11.3 Å². The minimum absolute atomic E-state index is 0.0268. The second-order valence-electron chi connectivity index (χ2n) is 8.76. The Kier molecular flexibility index (Phi) is 7.83. The van der Waals surface area contributed by atoms with Gasteiger partial charge in [0.15, 0.2) is 0 Å². The molecule has 0 aliphatic heterocycles. The van der Waals surface area contributed by atoms with Crippen LogP contribution < -0.4 is 20.5 Å². The van der Waals surface area contributed by atoms with Gasteiger partial charge in [-0.1, -0.05) is 0 Å². The molecule has 9 heteroatoms. The lowest BCUT2D eigenvalue weighted by Gasteiger charge is -2.17. The van der Waals surface area contributed by atoms with Gasteiger partial charge in [-0.2, -0.15) is 0 Å². The molecule has 0 radical (unpaired) electrons. The number of pyridine rings is 1. The Morgan fingerprint density at radius 1 is 1.11 bits per heavy atom. The summed E-state index contributed by atoms with van der Waals surface area (Å²) in [5.41, 5.74) is 9.20. The van der Waals surface area contributed by atoms with Crippen molar-refractivity contribution in [2.75, 3.05) is 14.2 Å². The van der Waals surface area contributed by atoms with Crippen molar-refractivity contribution in [1.82, 2.24) is 19.9 Å². The van der Waals surface area contributed by atoms with Crippen LogP contribution in [0.2, 0.25) is 0 Å². The number of nitrogens with two attached hydrogens (primary N) is 1. The summed E-state index contributed by atoms with van der Waals surface area (Å²) in [6, 6.07) is 13.9. The van der Waals surface area contributed by atoms with Gasteiger partial charge in [-0.15, -0.1) is 0 Å². The topological polar surface area (TPSA) is 104 Å². The molecule has 1 amide bonds. The van der Waals surface area contributed by atoms with E-state index in [1.54, 1.807) is 26.5 Å². The van der Waals surface area contributed by atoms with Crippen molar-refractivity contribution in [1.29, 1.82) is 0 Å². The van der Waals surface area contributed by atoms with Crippen molar-refractivity contribution < 1.29 is 18.7 Å². The first-order valence-electron chi connectivity index (χ1n) is 11.8. The van der Waals surface area contributed by atoms with E-state index >= 15 is 0 Å². The van der Waals surface area contributed by atoms with Crippen LogP contribution >= 0.6 is 0 Å². The number of imidazole rings is 1. The highest BCUT2D eigenvalue weighted by atomic mass is 19.1. The van der Waals surface area contributed by atoms with Crippen LogP contribution in [0.3, 0.4) is 0 Å². The highest BCUT2D eigenvalue weighted by Gasteiger charge is 2.14. The van der Waals surface area contributed by atoms with E-state index in [1.807, 2.05) is 54.9 Å². The lowest BCUT2D eigenvalue weighted by molar-refractivity contribution is 0.0996. The SMILES string of the molecule is COc1cc(OC)cc(C(C)NCc2cc(Cn3ccnc3C)cc(-c3ccc(F)c(C(N)=O)c3)n2)c1. The summed E-state index contributed by atoms with van der Waals surface area (Å²) in [6.07, 6.45) is 3.66. The fourth-order valence-corrected chi connectivity index (χ4v) is 4.08. The van der Waals surface area contributed by atoms with Crippen LogP contribution in [0.4, 0.5) is 4.39 Å². The molecule has 1 unspecified atom stereocenters. The number of halogens is 1. The van der Waals surface area contributed by atoms with Gasteiger partial charge in [0.1, 0.15) is 23.1 Å². The Morgan fingerprint density at radius 2 is 1.84 bits per heavy atom. The molecule has 4 aromatic rings. The van der Waals surface area contributed by atoms with Gasteiger partial charge in [0, 0.05) is 43.2 Å². The van der Waals surface area contributed by atoms with Crippen LogP contribution in [-0.2, 0) is 13.1 Å². The van der Waals surface area contributed by atoms with Crippen LogP contribution in [0, 0.1) is 12.7 Å². The first kappa shape index (κ1) is 25.8. The van der Waals surface area contributed by atoms with E-state index in [2.05, 4.69) is 10.3 Å². The zero-order valence-electron chi connectivity index (χ0n) is 21.3. The number of carbonyl (C=O) groups is 1. The number of hydrogen-bond donors (Lipinski definition) is 2. The summed E-state index contributed by atoms with van der Waals surface area (Å²) in [5, 5.41) is 3.51. The van der Waals surface area contributed by atoms with Crippen LogP contribution in [0.15, 0.2) is 60.9 Å². The third-order valence-corrected chi connectivity index (χ3v) is 6.21. The number of aromatic nitrogens is 3. The molecule has 4 rings (SSSR count). The second kappa shape index (κ2) is 11.2. The van der Waals surface area contributed by atoms with Gasteiger partial charge in [-0.25, -0.2) is 9.37 Å². The average Bonchev–Trinajstić information content (AvgIpc) is 3.30. The number of carbonyl (C=O) groups excluding carboxylic acids is 1. The maximum Gasteiger partial charge on any atom is 0.251 e. The molecule has 0 spiro atoms. The van der Waals surface area contributed by atoms with Crippen LogP contribution in [0.1, 0.15) is 46.0 Å². The standard InChI is InChI=1S/C28H30FN5O3/c1-17(21-11-23(36-3)14-24(12-21)37-4)32-15-22-9-19(16-34-8-7-31-18(34)2)10-27(33-22)20-5-6-26(29)25(13-20)28(30)35/h5-14,17,32H,15-16H2,1-4H3,(H2,30,35). The lowest BCUT2D eigenvalue weighted by Crippen LogP contribution is -2.19.